The highest BCUT2D eigenvalue weighted by Gasteiger charge is 2.31. The van der Waals surface area contributed by atoms with Crippen LogP contribution in [0.25, 0.3) is 11.1 Å². The molecular weight excluding hydrogens is 423 g/mol. The number of rotatable bonds is 5. The Balaban J connectivity index is 1.52. The minimum absolute atomic E-state index is 0.182. The van der Waals surface area contributed by atoms with Gasteiger partial charge in [-0.15, -0.1) is 13.2 Å². The second-order valence-corrected chi connectivity index (χ2v) is 8.92. The van der Waals surface area contributed by atoms with Crippen LogP contribution in [0.1, 0.15) is 56.6 Å². The van der Waals surface area contributed by atoms with Crippen molar-refractivity contribution in [3.05, 3.63) is 64.7 Å². The molecular formula is C26H27F5O. The second kappa shape index (κ2) is 9.24. The van der Waals surface area contributed by atoms with Crippen LogP contribution in [0.5, 0.6) is 5.75 Å². The first-order chi connectivity index (χ1) is 15.2. The topological polar surface area (TPSA) is 9.23 Å². The van der Waals surface area contributed by atoms with E-state index in [-0.39, 0.29) is 11.1 Å². The highest BCUT2D eigenvalue weighted by molar-refractivity contribution is 5.68. The molecule has 0 aromatic heterocycles. The van der Waals surface area contributed by atoms with E-state index >= 15 is 4.39 Å². The fourth-order valence-electron chi connectivity index (χ4n) is 5.24. The highest BCUT2D eigenvalue weighted by Crippen LogP contribution is 2.40. The molecule has 2 aliphatic rings. The Hall–Kier alpha value is -2.37. The van der Waals surface area contributed by atoms with Crippen LogP contribution in [0.15, 0.2) is 42.0 Å². The molecule has 172 valence electrons. The lowest BCUT2D eigenvalue weighted by Crippen LogP contribution is -2.20. The van der Waals surface area contributed by atoms with Crippen LogP contribution < -0.4 is 4.74 Å². The number of allylic oxidation sites excluding steroid dienone is 2. The lowest BCUT2D eigenvalue weighted by atomic mass is 9.73. The maximum atomic E-state index is 15.3. The van der Waals surface area contributed by atoms with E-state index in [1.54, 1.807) is 0 Å². The van der Waals surface area contributed by atoms with Gasteiger partial charge in [0, 0.05) is 0 Å². The summed E-state index contributed by atoms with van der Waals surface area (Å²) >= 11 is 0. The standard InChI is InChI=1S/C26H27F5O/c1-2-3-16-4-6-17(7-5-16)19-10-13-22-20(14-19)15-23(27)24(25(22)28)18-8-11-21(12-9-18)32-26(29,30)31/h8-12,15-17H,2-7,13-14H2,1H3. The molecule has 0 spiro atoms. The highest BCUT2D eigenvalue weighted by atomic mass is 19.4. The molecule has 0 atom stereocenters. The molecule has 1 fully saturated rings. The molecule has 1 saturated carbocycles. The van der Waals surface area contributed by atoms with Gasteiger partial charge in [-0.05, 0) is 85.3 Å². The summed E-state index contributed by atoms with van der Waals surface area (Å²) in [4.78, 5) is 0. The van der Waals surface area contributed by atoms with Crippen LogP contribution >= 0.6 is 0 Å². The first kappa shape index (κ1) is 22.8. The molecule has 2 aromatic carbocycles. The summed E-state index contributed by atoms with van der Waals surface area (Å²) < 4.78 is 71.1. The summed E-state index contributed by atoms with van der Waals surface area (Å²) in [6.45, 7) is 2.22. The third-order valence-corrected chi connectivity index (χ3v) is 6.82. The minimum atomic E-state index is -4.82. The summed E-state index contributed by atoms with van der Waals surface area (Å²) in [6.07, 6.45) is 5.46. The molecule has 0 N–H and O–H groups in total. The largest absolute Gasteiger partial charge is 0.573 e. The lowest BCUT2D eigenvalue weighted by Gasteiger charge is -2.32. The van der Waals surface area contributed by atoms with E-state index in [2.05, 4.69) is 17.7 Å². The summed E-state index contributed by atoms with van der Waals surface area (Å²) in [5, 5.41) is 0. The third-order valence-electron chi connectivity index (χ3n) is 6.82. The van der Waals surface area contributed by atoms with Gasteiger partial charge in [0.2, 0.25) is 0 Å². The zero-order valence-corrected chi connectivity index (χ0v) is 18.1. The maximum absolute atomic E-state index is 15.3. The normalized spacial score (nSPS) is 21.1. The van der Waals surface area contributed by atoms with Gasteiger partial charge in [-0.1, -0.05) is 43.5 Å². The Labute approximate surface area is 185 Å². The Kier molecular flexibility index (Phi) is 6.59. The van der Waals surface area contributed by atoms with Crippen LogP contribution in [-0.2, 0) is 12.8 Å². The van der Waals surface area contributed by atoms with Gasteiger partial charge in [-0.3, -0.25) is 0 Å². The quantitative estimate of drug-likeness (QED) is 0.330. The van der Waals surface area contributed by atoms with Gasteiger partial charge in [-0.25, -0.2) is 8.78 Å². The van der Waals surface area contributed by atoms with Gasteiger partial charge < -0.3 is 4.74 Å². The Morgan fingerprint density at radius 3 is 2.31 bits per heavy atom. The average Bonchev–Trinajstić information content (AvgIpc) is 2.74. The smallest absolute Gasteiger partial charge is 0.406 e. The fraction of sp³-hybridized carbons (Fsp3) is 0.462. The molecule has 2 aromatic rings. The molecule has 0 heterocycles. The van der Waals surface area contributed by atoms with Crippen molar-refractivity contribution in [1.82, 2.24) is 0 Å². The van der Waals surface area contributed by atoms with E-state index in [1.807, 2.05) is 0 Å². The monoisotopic (exact) mass is 450 g/mol. The van der Waals surface area contributed by atoms with Gasteiger partial charge >= 0.3 is 6.36 Å². The Morgan fingerprint density at radius 2 is 1.69 bits per heavy atom. The molecule has 4 rings (SSSR count). The van der Waals surface area contributed by atoms with Gasteiger partial charge in [0.25, 0.3) is 0 Å². The minimum Gasteiger partial charge on any atom is -0.406 e. The summed E-state index contributed by atoms with van der Waals surface area (Å²) in [7, 11) is 0. The zero-order valence-electron chi connectivity index (χ0n) is 18.1. The summed E-state index contributed by atoms with van der Waals surface area (Å²) in [5.74, 6) is -0.465. The van der Waals surface area contributed by atoms with Crippen LogP contribution in [0.2, 0.25) is 0 Å². The Morgan fingerprint density at radius 1 is 1.00 bits per heavy atom. The Bertz CT molecular complexity index is 983. The number of hydrogen-bond donors (Lipinski definition) is 0. The van der Waals surface area contributed by atoms with Crippen molar-refractivity contribution in [2.24, 2.45) is 11.8 Å². The fourth-order valence-corrected chi connectivity index (χ4v) is 5.24. The predicted molar refractivity (Wildman–Crippen MR) is 114 cm³/mol. The predicted octanol–water partition coefficient (Wildman–Crippen LogP) is 8.16. The molecule has 0 radical (unpaired) electrons. The molecule has 0 saturated heterocycles. The molecule has 2 aliphatic carbocycles. The van der Waals surface area contributed by atoms with Crippen molar-refractivity contribution in [1.29, 1.82) is 0 Å². The number of halogens is 5. The first-order valence-electron chi connectivity index (χ1n) is 11.3. The molecule has 0 bridgehead atoms. The van der Waals surface area contributed by atoms with E-state index in [0.29, 0.717) is 29.9 Å². The molecule has 32 heavy (non-hydrogen) atoms. The van der Waals surface area contributed by atoms with E-state index in [4.69, 9.17) is 0 Å². The number of ether oxygens (including phenoxy) is 1. The first-order valence-corrected chi connectivity index (χ1v) is 11.3. The van der Waals surface area contributed by atoms with Crippen LogP contribution in [0, 0.1) is 23.5 Å². The lowest BCUT2D eigenvalue weighted by molar-refractivity contribution is -0.274. The van der Waals surface area contributed by atoms with E-state index < -0.39 is 23.7 Å². The molecule has 6 heteroatoms. The van der Waals surface area contributed by atoms with Gasteiger partial charge in [0.15, 0.2) is 0 Å². The van der Waals surface area contributed by atoms with E-state index in [1.165, 1.54) is 49.5 Å². The molecule has 1 nitrogen and oxygen atoms in total. The van der Waals surface area contributed by atoms with Crippen LogP contribution in [-0.4, -0.2) is 6.36 Å². The van der Waals surface area contributed by atoms with Crippen molar-refractivity contribution in [3.63, 3.8) is 0 Å². The van der Waals surface area contributed by atoms with Gasteiger partial charge in [-0.2, -0.15) is 0 Å². The van der Waals surface area contributed by atoms with Crippen molar-refractivity contribution in [3.8, 4) is 16.9 Å². The van der Waals surface area contributed by atoms with E-state index in [9.17, 15) is 17.6 Å². The van der Waals surface area contributed by atoms with Crippen molar-refractivity contribution < 1.29 is 26.7 Å². The SMILES string of the molecule is CCCC1CCC(C2=CCc3c(cc(F)c(-c4ccc(OC(F)(F)F)cc4)c3F)C2)CC1. The molecule has 0 amide bonds. The van der Waals surface area contributed by atoms with Crippen molar-refractivity contribution in [2.75, 3.05) is 0 Å². The molecule has 0 unspecified atom stereocenters. The second-order valence-electron chi connectivity index (χ2n) is 8.92. The number of fused-ring (bicyclic) bond motifs is 1. The maximum Gasteiger partial charge on any atom is 0.573 e. The van der Waals surface area contributed by atoms with Crippen molar-refractivity contribution in [2.45, 2.75) is 64.7 Å². The van der Waals surface area contributed by atoms with Crippen molar-refractivity contribution >= 4 is 0 Å². The number of alkyl halides is 3. The van der Waals surface area contributed by atoms with Crippen LogP contribution in [0.3, 0.4) is 0 Å². The average molecular weight is 450 g/mol. The van der Waals surface area contributed by atoms with E-state index in [0.717, 1.165) is 30.9 Å². The molecule has 0 aliphatic heterocycles. The third kappa shape index (κ3) is 5.00. The number of hydrogen-bond acceptors (Lipinski definition) is 1. The number of benzene rings is 2. The van der Waals surface area contributed by atoms with Gasteiger partial charge in [0.05, 0.1) is 5.56 Å². The van der Waals surface area contributed by atoms with Gasteiger partial charge in [0.1, 0.15) is 17.4 Å². The van der Waals surface area contributed by atoms with Crippen LogP contribution in [0.4, 0.5) is 22.0 Å². The zero-order chi connectivity index (χ0) is 22.9. The summed E-state index contributed by atoms with van der Waals surface area (Å²) in [6, 6.07) is 6.01. The summed E-state index contributed by atoms with van der Waals surface area (Å²) in [5.41, 5.74) is 2.41.